The third-order valence-electron chi connectivity index (χ3n) is 5.22. The molecule has 1 saturated carbocycles. The van der Waals surface area contributed by atoms with Crippen LogP contribution in [-0.2, 0) is 0 Å². The molecule has 0 N–H and O–H groups in total. The van der Waals surface area contributed by atoms with Gasteiger partial charge >= 0.3 is 0 Å². The van der Waals surface area contributed by atoms with Crippen LogP contribution in [0.1, 0.15) is 61.6 Å². The number of benzene rings is 1. The molecule has 1 heterocycles. The van der Waals surface area contributed by atoms with Gasteiger partial charge in [-0.3, -0.25) is 0 Å². The van der Waals surface area contributed by atoms with Crippen molar-refractivity contribution in [3.63, 3.8) is 0 Å². The maximum atomic E-state index is 2.57. The predicted octanol–water partition coefficient (Wildman–Crippen LogP) is 5.28. The summed E-state index contributed by atoms with van der Waals surface area (Å²) in [5.74, 6) is 0. The van der Waals surface area contributed by atoms with E-state index in [0.29, 0.717) is 0 Å². The van der Waals surface area contributed by atoms with Crippen LogP contribution in [0.4, 0.5) is 5.69 Å². The largest absolute Gasteiger partial charge is 0.355 e. The Hall–Kier alpha value is -1.44. The van der Waals surface area contributed by atoms with Crippen LogP contribution in [0.15, 0.2) is 24.5 Å². The Balaban J connectivity index is 1.71. The summed E-state index contributed by atoms with van der Waals surface area (Å²) < 4.78 is 0. The Morgan fingerprint density at radius 3 is 2.05 bits per heavy atom. The molecule has 0 saturated heterocycles. The van der Waals surface area contributed by atoms with Gasteiger partial charge in [0.2, 0.25) is 0 Å². The smallest absolute Gasteiger partial charge is 0.0944 e. The van der Waals surface area contributed by atoms with E-state index in [2.05, 4.69) is 55.1 Å². The van der Waals surface area contributed by atoms with E-state index < -0.39 is 0 Å². The highest BCUT2D eigenvalue weighted by molar-refractivity contribution is 5.62. The van der Waals surface area contributed by atoms with Crippen LogP contribution in [0.5, 0.6) is 0 Å². The summed E-state index contributed by atoms with van der Waals surface area (Å²) in [5, 5.41) is 0. The fourth-order valence-corrected chi connectivity index (χ4v) is 4.21. The van der Waals surface area contributed by atoms with Gasteiger partial charge in [0.15, 0.2) is 0 Å². The third-order valence-corrected chi connectivity index (χ3v) is 5.22. The molecule has 1 aromatic carbocycles. The van der Waals surface area contributed by atoms with Crippen LogP contribution in [0.2, 0.25) is 0 Å². The average Bonchev–Trinajstić information content (AvgIpc) is 2.86. The molecule has 0 spiro atoms. The first kappa shape index (κ1) is 15.5. The number of hydrogen-bond donors (Lipinski definition) is 0. The summed E-state index contributed by atoms with van der Waals surface area (Å²) in [6.07, 6.45) is 14.4. The van der Waals surface area contributed by atoms with Gasteiger partial charge in [0, 0.05) is 24.1 Å². The van der Waals surface area contributed by atoms with E-state index in [-0.39, 0.29) is 0 Å². The topological polar surface area (TPSA) is 6.48 Å². The molecular formula is C20H30N2. The van der Waals surface area contributed by atoms with Gasteiger partial charge in [-0.05, 0) is 44.7 Å². The van der Waals surface area contributed by atoms with Gasteiger partial charge in [-0.25, -0.2) is 0 Å². The second kappa shape index (κ2) is 6.76. The first-order valence-corrected chi connectivity index (χ1v) is 8.94. The van der Waals surface area contributed by atoms with Crippen molar-refractivity contribution in [2.45, 2.75) is 71.8 Å². The van der Waals surface area contributed by atoms with Crippen LogP contribution in [0, 0.1) is 20.8 Å². The van der Waals surface area contributed by atoms with Crippen LogP contribution >= 0.6 is 0 Å². The van der Waals surface area contributed by atoms with Crippen LogP contribution in [-0.4, -0.2) is 17.6 Å². The SMILES string of the molecule is Cc1cc(C)c(N2C=CN(C3CCCCCCC3)C2)c(C)c1. The van der Waals surface area contributed by atoms with Gasteiger partial charge in [0.25, 0.3) is 0 Å². The molecule has 0 bridgehead atoms. The Morgan fingerprint density at radius 1 is 0.818 bits per heavy atom. The minimum Gasteiger partial charge on any atom is -0.355 e. The zero-order valence-electron chi connectivity index (χ0n) is 14.4. The molecule has 2 heteroatoms. The van der Waals surface area contributed by atoms with Gasteiger partial charge < -0.3 is 9.80 Å². The van der Waals surface area contributed by atoms with E-state index in [4.69, 9.17) is 0 Å². The quantitative estimate of drug-likeness (QED) is 0.733. The summed E-state index contributed by atoms with van der Waals surface area (Å²) in [4.78, 5) is 5.01. The van der Waals surface area contributed by atoms with Crippen molar-refractivity contribution in [3.05, 3.63) is 41.2 Å². The fourth-order valence-electron chi connectivity index (χ4n) is 4.21. The molecule has 0 unspecified atom stereocenters. The Labute approximate surface area is 135 Å². The molecule has 1 aliphatic carbocycles. The van der Waals surface area contributed by atoms with Gasteiger partial charge in [-0.2, -0.15) is 0 Å². The summed E-state index contributed by atoms with van der Waals surface area (Å²) >= 11 is 0. The Kier molecular flexibility index (Phi) is 4.75. The van der Waals surface area contributed by atoms with Crippen molar-refractivity contribution in [2.24, 2.45) is 0 Å². The standard InChI is InChI=1S/C20H30N2/c1-16-13-17(2)20(18(3)14-16)22-12-11-21(15-22)19-9-7-5-4-6-8-10-19/h11-14,19H,4-10,15H2,1-3H3. The lowest BCUT2D eigenvalue weighted by Gasteiger charge is -2.32. The zero-order chi connectivity index (χ0) is 15.5. The maximum Gasteiger partial charge on any atom is 0.0944 e. The van der Waals surface area contributed by atoms with Crippen LogP contribution in [0.25, 0.3) is 0 Å². The first-order chi connectivity index (χ1) is 10.6. The van der Waals surface area contributed by atoms with E-state index in [1.165, 1.54) is 67.3 Å². The number of aryl methyl sites for hydroxylation is 3. The molecule has 0 radical (unpaired) electrons. The van der Waals surface area contributed by atoms with Crippen molar-refractivity contribution in [1.82, 2.24) is 4.90 Å². The molecule has 0 aromatic heterocycles. The molecule has 0 amide bonds. The first-order valence-electron chi connectivity index (χ1n) is 8.94. The van der Waals surface area contributed by atoms with Crippen molar-refractivity contribution >= 4 is 5.69 Å². The van der Waals surface area contributed by atoms with Crippen molar-refractivity contribution in [3.8, 4) is 0 Å². The molecule has 2 aliphatic rings. The highest BCUT2D eigenvalue weighted by Gasteiger charge is 2.23. The summed E-state index contributed by atoms with van der Waals surface area (Å²) in [5.41, 5.74) is 5.54. The lowest BCUT2D eigenvalue weighted by molar-refractivity contribution is 0.245. The van der Waals surface area contributed by atoms with Crippen molar-refractivity contribution < 1.29 is 0 Å². The minimum atomic E-state index is 0.743. The molecule has 22 heavy (non-hydrogen) atoms. The van der Waals surface area contributed by atoms with Gasteiger partial charge in [-0.1, -0.05) is 49.8 Å². The predicted molar refractivity (Wildman–Crippen MR) is 95.1 cm³/mol. The number of anilines is 1. The maximum absolute atomic E-state index is 2.57. The minimum absolute atomic E-state index is 0.743. The van der Waals surface area contributed by atoms with E-state index in [1.54, 1.807) is 0 Å². The summed E-state index contributed by atoms with van der Waals surface area (Å²) in [6, 6.07) is 5.34. The monoisotopic (exact) mass is 298 g/mol. The molecule has 1 fully saturated rings. The van der Waals surface area contributed by atoms with Crippen molar-refractivity contribution in [1.29, 1.82) is 0 Å². The third kappa shape index (κ3) is 3.31. The van der Waals surface area contributed by atoms with E-state index in [9.17, 15) is 0 Å². The highest BCUT2D eigenvalue weighted by atomic mass is 15.4. The molecule has 2 nitrogen and oxygen atoms in total. The highest BCUT2D eigenvalue weighted by Crippen LogP contribution is 2.31. The normalized spacial score (nSPS) is 20.3. The Bertz CT molecular complexity index is 516. The second-order valence-corrected chi connectivity index (χ2v) is 7.17. The molecule has 3 rings (SSSR count). The lowest BCUT2D eigenvalue weighted by Crippen LogP contribution is -2.34. The average molecular weight is 298 g/mol. The number of hydrogen-bond acceptors (Lipinski definition) is 2. The van der Waals surface area contributed by atoms with Gasteiger partial charge in [0.05, 0.1) is 6.67 Å². The Morgan fingerprint density at radius 2 is 1.41 bits per heavy atom. The van der Waals surface area contributed by atoms with Gasteiger partial charge in [0.1, 0.15) is 0 Å². The van der Waals surface area contributed by atoms with Crippen LogP contribution in [0.3, 0.4) is 0 Å². The fraction of sp³-hybridized carbons (Fsp3) is 0.600. The number of nitrogens with zero attached hydrogens (tertiary/aromatic N) is 2. The number of rotatable bonds is 2. The molecular weight excluding hydrogens is 268 g/mol. The molecule has 1 aliphatic heterocycles. The molecule has 1 aromatic rings. The van der Waals surface area contributed by atoms with Crippen LogP contribution < -0.4 is 4.90 Å². The van der Waals surface area contributed by atoms with Gasteiger partial charge in [-0.15, -0.1) is 0 Å². The zero-order valence-corrected chi connectivity index (χ0v) is 14.4. The van der Waals surface area contributed by atoms with Crippen molar-refractivity contribution in [2.75, 3.05) is 11.6 Å². The van der Waals surface area contributed by atoms with E-state index in [1.807, 2.05) is 0 Å². The molecule has 0 atom stereocenters. The van der Waals surface area contributed by atoms with E-state index >= 15 is 0 Å². The summed E-state index contributed by atoms with van der Waals surface area (Å²) in [6.45, 7) is 7.68. The van der Waals surface area contributed by atoms with E-state index in [0.717, 1.165) is 12.7 Å². The molecule has 120 valence electrons. The lowest BCUT2D eigenvalue weighted by atomic mass is 9.96. The summed E-state index contributed by atoms with van der Waals surface area (Å²) in [7, 11) is 0. The second-order valence-electron chi connectivity index (χ2n) is 7.17.